The summed E-state index contributed by atoms with van der Waals surface area (Å²) in [7, 11) is -1.66. The minimum atomic E-state index is -1.66. The van der Waals surface area contributed by atoms with Gasteiger partial charge in [-0.15, -0.1) is 0 Å². The molecule has 2 saturated heterocycles. The summed E-state index contributed by atoms with van der Waals surface area (Å²) in [6.45, 7) is 0.427. The van der Waals surface area contributed by atoms with Crippen molar-refractivity contribution < 1.29 is 28.5 Å². The topological polar surface area (TPSA) is 147 Å². The SMILES string of the molecule is Nc1ncnc2c1ncn2[C@@H]1O[C@H](CO[P@@]2OCC[C@H](c3cccc(Cl)c3)O2)[C@@H](O)[C@H]1O. The fourth-order valence-electron chi connectivity index (χ4n) is 3.71. The molecule has 4 heterocycles. The van der Waals surface area contributed by atoms with E-state index >= 15 is 0 Å². The van der Waals surface area contributed by atoms with Gasteiger partial charge >= 0.3 is 8.60 Å². The maximum Gasteiger partial charge on any atom is 0.333 e. The lowest BCUT2D eigenvalue weighted by atomic mass is 10.1. The summed E-state index contributed by atoms with van der Waals surface area (Å²) in [5.74, 6) is 0.213. The van der Waals surface area contributed by atoms with Crippen molar-refractivity contribution in [1.82, 2.24) is 19.5 Å². The van der Waals surface area contributed by atoms with Crippen molar-refractivity contribution in [2.75, 3.05) is 18.9 Å². The second-order valence-electron chi connectivity index (χ2n) is 7.42. The molecular formula is C19H21ClN5O6P. The summed E-state index contributed by atoms with van der Waals surface area (Å²) in [5.41, 5.74) is 7.54. The molecule has 0 spiro atoms. The highest BCUT2D eigenvalue weighted by Gasteiger charge is 2.45. The smallest absolute Gasteiger partial charge is 0.333 e. The zero-order valence-corrected chi connectivity index (χ0v) is 18.3. The first-order valence-electron chi connectivity index (χ1n) is 9.94. The maximum atomic E-state index is 10.6. The quantitative estimate of drug-likeness (QED) is 0.463. The van der Waals surface area contributed by atoms with Gasteiger partial charge in [-0.3, -0.25) is 4.57 Å². The number of aromatic nitrogens is 4. The highest BCUT2D eigenvalue weighted by Crippen LogP contribution is 2.50. The Morgan fingerprint density at radius 1 is 1.25 bits per heavy atom. The lowest BCUT2D eigenvalue weighted by Gasteiger charge is -2.29. The first-order chi connectivity index (χ1) is 15.5. The van der Waals surface area contributed by atoms with Crippen molar-refractivity contribution in [1.29, 1.82) is 0 Å². The summed E-state index contributed by atoms with van der Waals surface area (Å²) in [4.78, 5) is 12.2. The molecule has 0 unspecified atom stereocenters. The van der Waals surface area contributed by atoms with Crippen LogP contribution in [-0.4, -0.2) is 61.3 Å². The Hall–Kier alpha value is -1.95. The van der Waals surface area contributed by atoms with Crippen molar-refractivity contribution in [3.63, 3.8) is 0 Å². The van der Waals surface area contributed by atoms with Gasteiger partial charge in [-0.25, -0.2) is 15.0 Å². The third kappa shape index (κ3) is 4.18. The predicted octanol–water partition coefficient (Wildman–Crippen LogP) is 2.10. The molecule has 0 bridgehead atoms. The third-order valence-electron chi connectivity index (χ3n) is 5.35. The van der Waals surface area contributed by atoms with Crippen molar-refractivity contribution in [2.24, 2.45) is 0 Å². The van der Waals surface area contributed by atoms with Crippen LogP contribution in [0.15, 0.2) is 36.9 Å². The molecule has 170 valence electrons. The molecule has 0 amide bonds. The minimum absolute atomic E-state index is 0.0353. The summed E-state index contributed by atoms with van der Waals surface area (Å²) in [5, 5.41) is 21.7. The lowest BCUT2D eigenvalue weighted by molar-refractivity contribution is -0.0529. The van der Waals surface area contributed by atoms with E-state index in [9.17, 15) is 10.2 Å². The molecule has 4 N–H and O–H groups in total. The van der Waals surface area contributed by atoms with Gasteiger partial charge in [0.1, 0.15) is 30.2 Å². The maximum absolute atomic E-state index is 10.6. The molecule has 13 heteroatoms. The Morgan fingerprint density at radius 2 is 2.12 bits per heavy atom. The third-order valence-corrected chi connectivity index (χ3v) is 6.77. The molecule has 3 aromatic rings. The Labute approximate surface area is 189 Å². The molecule has 2 aromatic heterocycles. The number of fused-ring (bicyclic) bond motifs is 1. The summed E-state index contributed by atoms with van der Waals surface area (Å²) < 4.78 is 24.7. The highest BCUT2D eigenvalue weighted by atomic mass is 35.5. The molecule has 6 atom stereocenters. The van der Waals surface area contributed by atoms with E-state index < -0.39 is 33.1 Å². The van der Waals surface area contributed by atoms with E-state index in [1.807, 2.05) is 18.2 Å². The summed E-state index contributed by atoms with van der Waals surface area (Å²) >= 11 is 6.08. The number of halogens is 1. The van der Waals surface area contributed by atoms with Gasteiger partial charge in [0.25, 0.3) is 0 Å². The number of hydrogen-bond acceptors (Lipinski definition) is 10. The number of nitrogens with two attached hydrogens (primary N) is 1. The number of aliphatic hydroxyl groups is 2. The Morgan fingerprint density at radius 3 is 2.97 bits per heavy atom. The average Bonchev–Trinajstić information content (AvgIpc) is 3.35. The van der Waals surface area contributed by atoms with Crippen LogP contribution in [0.3, 0.4) is 0 Å². The van der Waals surface area contributed by atoms with Crippen LogP contribution in [0.2, 0.25) is 5.02 Å². The Bertz CT molecular complexity index is 1110. The number of rotatable bonds is 5. The number of aliphatic hydroxyl groups excluding tert-OH is 2. The number of anilines is 1. The standard InChI is InChI=1S/C19H21ClN5O6P/c20-11-3-1-2-10(6-11)12-4-5-28-32(31-12)29-7-13-15(26)16(27)19(30-13)25-9-24-14-17(21)22-8-23-18(14)25/h1-3,6,8-9,12-13,15-16,19,26-27H,4-5,7H2,(H2,21,22,23)/t12-,13-,15-,16-,19-,32-/m1/s1. The highest BCUT2D eigenvalue weighted by molar-refractivity contribution is 7.41. The van der Waals surface area contributed by atoms with Gasteiger partial charge in [0.05, 0.1) is 25.6 Å². The van der Waals surface area contributed by atoms with Gasteiger partial charge in [-0.2, -0.15) is 0 Å². The van der Waals surface area contributed by atoms with E-state index in [1.54, 1.807) is 6.07 Å². The van der Waals surface area contributed by atoms with Gasteiger partial charge in [0.15, 0.2) is 17.7 Å². The lowest BCUT2D eigenvalue weighted by Crippen LogP contribution is -2.33. The molecule has 0 saturated carbocycles. The zero-order chi connectivity index (χ0) is 22.2. The fourth-order valence-corrected chi connectivity index (χ4v) is 5.06. The minimum Gasteiger partial charge on any atom is -0.387 e. The number of nitrogen functional groups attached to an aromatic ring is 1. The molecule has 2 aliphatic rings. The first-order valence-corrected chi connectivity index (χ1v) is 11.4. The fraction of sp³-hybridized carbons (Fsp3) is 0.421. The second-order valence-corrected chi connectivity index (χ2v) is 9.03. The molecule has 11 nitrogen and oxygen atoms in total. The predicted molar refractivity (Wildman–Crippen MR) is 114 cm³/mol. The molecule has 0 aliphatic carbocycles. The van der Waals surface area contributed by atoms with E-state index in [2.05, 4.69) is 15.0 Å². The summed E-state index contributed by atoms with van der Waals surface area (Å²) in [6.07, 6.45) is -0.950. The van der Waals surface area contributed by atoms with E-state index in [4.69, 9.17) is 35.6 Å². The average molecular weight is 482 g/mol. The van der Waals surface area contributed by atoms with Crippen LogP contribution < -0.4 is 5.73 Å². The van der Waals surface area contributed by atoms with Gasteiger partial charge in [0, 0.05) is 11.4 Å². The Balaban J connectivity index is 1.24. The van der Waals surface area contributed by atoms with Crippen molar-refractivity contribution >= 4 is 37.2 Å². The van der Waals surface area contributed by atoms with E-state index in [0.29, 0.717) is 29.2 Å². The molecule has 2 fully saturated rings. The normalized spacial score (nSPS) is 30.7. The van der Waals surface area contributed by atoms with E-state index in [1.165, 1.54) is 17.2 Å². The van der Waals surface area contributed by atoms with E-state index in [-0.39, 0.29) is 18.5 Å². The van der Waals surface area contributed by atoms with Crippen molar-refractivity contribution in [3.8, 4) is 0 Å². The monoisotopic (exact) mass is 481 g/mol. The van der Waals surface area contributed by atoms with Crippen molar-refractivity contribution in [2.45, 2.75) is 37.1 Å². The number of hydrogen-bond donors (Lipinski definition) is 3. The number of ether oxygens (including phenoxy) is 1. The second kappa shape index (κ2) is 9.12. The first kappa shape index (κ1) is 21.9. The van der Waals surface area contributed by atoms with E-state index in [0.717, 1.165) is 5.56 Å². The zero-order valence-electron chi connectivity index (χ0n) is 16.7. The van der Waals surface area contributed by atoms with Gasteiger partial charge in [-0.1, -0.05) is 23.7 Å². The van der Waals surface area contributed by atoms with Crippen LogP contribution in [0.5, 0.6) is 0 Å². The van der Waals surface area contributed by atoms with Gasteiger partial charge in [-0.05, 0) is 17.7 Å². The van der Waals surface area contributed by atoms with Crippen LogP contribution in [0.4, 0.5) is 5.82 Å². The molecule has 2 aliphatic heterocycles. The van der Waals surface area contributed by atoms with Gasteiger partial charge in [0.2, 0.25) is 0 Å². The van der Waals surface area contributed by atoms with Crippen LogP contribution in [-0.2, 0) is 18.3 Å². The van der Waals surface area contributed by atoms with Crippen LogP contribution in [0.25, 0.3) is 11.2 Å². The van der Waals surface area contributed by atoms with Crippen LogP contribution >= 0.6 is 20.2 Å². The molecule has 0 radical (unpaired) electrons. The summed E-state index contributed by atoms with van der Waals surface area (Å²) in [6, 6.07) is 7.45. The van der Waals surface area contributed by atoms with Crippen molar-refractivity contribution in [3.05, 3.63) is 47.5 Å². The molecule has 1 aromatic carbocycles. The van der Waals surface area contributed by atoms with Gasteiger partial charge < -0.3 is 34.3 Å². The van der Waals surface area contributed by atoms with Crippen LogP contribution in [0.1, 0.15) is 24.3 Å². The molecular weight excluding hydrogens is 461 g/mol. The largest absolute Gasteiger partial charge is 0.387 e. The number of benzene rings is 1. The molecule has 5 rings (SSSR count). The molecule has 32 heavy (non-hydrogen) atoms. The van der Waals surface area contributed by atoms with Crippen LogP contribution in [0, 0.1) is 0 Å². The number of nitrogens with zero attached hydrogens (tertiary/aromatic N) is 4. The Kier molecular flexibility index (Phi) is 6.24. The number of imidazole rings is 1.